The van der Waals surface area contributed by atoms with Gasteiger partial charge in [0.2, 0.25) is 0 Å². The smallest absolute Gasteiger partial charge is 0.272 e. The summed E-state index contributed by atoms with van der Waals surface area (Å²) >= 11 is 0. The van der Waals surface area contributed by atoms with E-state index in [9.17, 15) is 9.59 Å². The fourth-order valence-corrected chi connectivity index (χ4v) is 3.89. The van der Waals surface area contributed by atoms with Crippen LogP contribution in [0.5, 0.6) is 0 Å². The second kappa shape index (κ2) is 7.55. The molecule has 4 N–H and O–H groups in total. The molecule has 31 heavy (non-hydrogen) atoms. The molecule has 0 bridgehead atoms. The van der Waals surface area contributed by atoms with Gasteiger partial charge in [-0.3, -0.25) is 19.7 Å². The van der Waals surface area contributed by atoms with Gasteiger partial charge in [-0.2, -0.15) is 5.10 Å². The molecule has 0 saturated heterocycles. The number of rotatable bonds is 4. The highest BCUT2D eigenvalue weighted by Crippen LogP contribution is 2.35. The molecule has 1 atom stereocenters. The summed E-state index contributed by atoms with van der Waals surface area (Å²) in [4.78, 5) is 25.6. The van der Waals surface area contributed by atoms with Gasteiger partial charge < -0.3 is 5.73 Å². The first-order chi connectivity index (χ1) is 15.1. The van der Waals surface area contributed by atoms with E-state index in [-0.39, 0.29) is 11.8 Å². The lowest BCUT2D eigenvalue weighted by Crippen LogP contribution is -2.33. The zero-order valence-electron chi connectivity index (χ0n) is 16.4. The monoisotopic (exact) mass is 409 g/mol. The molecule has 1 aromatic heterocycles. The van der Waals surface area contributed by atoms with Gasteiger partial charge in [-0.1, -0.05) is 66.7 Å². The van der Waals surface area contributed by atoms with Gasteiger partial charge in [0.1, 0.15) is 6.04 Å². The summed E-state index contributed by atoms with van der Waals surface area (Å²) in [5.74, 6) is -0.666. The van der Waals surface area contributed by atoms with E-state index in [4.69, 9.17) is 5.73 Å². The van der Waals surface area contributed by atoms with Gasteiger partial charge in [0.05, 0.1) is 23.0 Å². The lowest BCUT2D eigenvalue weighted by atomic mass is 10.0. The summed E-state index contributed by atoms with van der Waals surface area (Å²) < 4.78 is 1.69. The molecular weight excluding hydrogens is 390 g/mol. The van der Waals surface area contributed by atoms with Gasteiger partial charge in [0.15, 0.2) is 0 Å². The van der Waals surface area contributed by atoms with Gasteiger partial charge in [-0.05, 0) is 17.7 Å². The Bertz CT molecular complexity index is 1330. The van der Waals surface area contributed by atoms with Crippen molar-refractivity contribution in [3.8, 4) is 11.3 Å². The van der Waals surface area contributed by atoms with Crippen molar-refractivity contribution in [3.05, 3.63) is 95.6 Å². The van der Waals surface area contributed by atoms with Crippen molar-refractivity contribution < 1.29 is 9.59 Å². The van der Waals surface area contributed by atoms with Crippen molar-refractivity contribution in [2.75, 3.05) is 5.43 Å². The van der Waals surface area contributed by atoms with Crippen molar-refractivity contribution in [1.82, 2.24) is 10.1 Å². The van der Waals surface area contributed by atoms with Crippen LogP contribution in [0, 0.1) is 0 Å². The molecule has 7 heteroatoms. The number of carbonyl (C=O) groups is 2. The Kier molecular flexibility index (Phi) is 4.57. The minimum atomic E-state index is -0.848. The summed E-state index contributed by atoms with van der Waals surface area (Å²) in [6.07, 6.45) is 1.61. The molecule has 3 aromatic carbocycles. The Morgan fingerprint density at radius 2 is 1.68 bits per heavy atom. The first-order valence-electron chi connectivity index (χ1n) is 9.83. The molecule has 2 amide bonds. The molecule has 152 valence electrons. The highest BCUT2D eigenvalue weighted by Gasteiger charge is 2.26. The van der Waals surface area contributed by atoms with E-state index in [0.29, 0.717) is 22.0 Å². The lowest BCUT2D eigenvalue weighted by molar-refractivity contribution is -0.118. The molecule has 0 radical (unpaired) electrons. The van der Waals surface area contributed by atoms with Crippen molar-refractivity contribution >= 4 is 28.9 Å². The number of amides is 2. The molecular formula is C24H19N5O2. The van der Waals surface area contributed by atoms with Crippen LogP contribution in [0.15, 0.2) is 84.0 Å². The number of nitrogens with two attached hydrogens (primary N) is 1. The second-order valence-electron chi connectivity index (χ2n) is 7.23. The molecule has 0 spiro atoms. The zero-order chi connectivity index (χ0) is 21.4. The largest absolute Gasteiger partial charge is 0.316 e. The maximum absolute atomic E-state index is 13.1. The fraction of sp³-hybridized carbons (Fsp3) is 0.0417. The van der Waals surface area contributed by atoms with Gasteiger partial charge >= 0.3 is 0 Å². The van der Waals surface area contributed by atoms with E-state index < -0.39 is 6.04 Å². The van der Waals surface area contributed by atoms with Crippen LogP contribution in [0.25, 0.3) is 22.2 Å². The van der Waals surface area contributed by atoms with Gasteiger partial charge in [0, 0.05) is 16.5 Å². The highest BCUT2D eigenvalue weighted by atomic mass is 16.2. The summed E-state index contributed by atoms with van der Waals surface area (Å²) in [6.45, 7) is 0. The Labute approximate surface area is 178 Å². The number of hydrogen-bond donors (Lipinski definition) is 3. The van der Waals surface area contributed by atoms with Crippen molar-refractivity contribution in [1.29, 1.82) is 0 Å². The molecule has 0 aliphatic carbocycles. The predicted molar refractivity (Wildman–Crippen MR) is 120 cm³/mol. The zero-order valence-corrected chi connectivity index (χ0v) is 16.4. The average Bonchev–Trinajstić information content (AvgIpc) is 3.02. The number of nitrogens with zero attached hydrogens (tertiary/aromatic N) is 2. The highest BCUT2D eigenvalue weighted by molar-refractivity contribution is 6.17. The predicted octanol–water partition coefficient (Wildman–Crippen LogP) is 3.16. The fourth-order valence-electron chi connectivity index (χ4n) is 3.89. The van der Waals surface area contributed by atoms with E-state index in [2.05, 4.69) is 16.0 Å². The van der Waals surface area contributed by atoms with Crippen LogP contribution in [-0.2, 0) is 4.79 Å². The summed E-state index contributed by atoms with van der Waals surface area (Å²) in [7, 11) is 0. The lowest BCUT2D eigenvalue weighted by Gasteiger charge is -2.17. The number of carbonyl (C=O) groups excluding carboxylic acids is 2. The number of benzene rings is 3. The van der Waals surface area contributed by atoms with Gasteiger partial charge in [0.25, 0.3) is 11.8 Å². The molecule has 1 aliphatic rings. The summed E-state index contributed by atoms with van der Waals surface area (Å²) in [5, 5.41) is 4.79. The Morgan fingerprint density at radius 1 is 0.968 bits per heavy atom. The Balaban J connectivity index is 1.71. The standard InChI is InChI=1S/C24H19N5O2/c25-21(15-8-3-1-4-9-15)24(31)28-29-19-13-7-12-17-20(19)18(14-26-27-23(17)30)22(29)16-10-5-2-6-11-16/h1-14,21H,25H2,(H,27,30)(H,28,31)/t21-/m1/s1. The summed E-state index contributed by atoms with van der Waals surface area (Å²) in [6, 6.07) is 23.4. The maximum atomic E-state index is 13.1. The first-order valence-corrected chi connectivity index (χ1v) is 9.83. The van der Waals surface area contributed by atoms with Crippen LogP contribution in [0.4, 0.5) is 0 Å². The third-order valence-corrected chi connectivity index (χ3v) is 5.35. The number of aromatic nitrogens is 1. The van der Waals surface area contributed by atoms with E-state index in [1.165, 1.54) is 0 Å². The molecule has 0 fully saturated rings. The molecule has 1 aliphatic heterocycles. The van der Waals surface area contributed by atoms with Crippen molar-refractivity contribution in [2.24, 2.45) is 10.8 Å². The SMILES string of the molecule is N[C@@H](C(=O)Nn1c(-c2ccccc2)c2c3c(cccc31)C(=O)NN=C2)c1ccccc1. The van der Waals surface area contributed by atoms with Gasteiger partial charge in [-0.25, -0.2) is 5.43 Å². The van der Waals surface area contributed by atoms with Crippen LogP contribution in [-0.4, -0.2) is 22.7 Å². The first kappa shape index (κ1) is 18.8. The number of hydrogen-bond acceptors (Lipinski definition) is 4. The minimum Gasteiger partial charge on any atom is -0.316 e. The number of nitrogens with one attached hydrogen (secondary N) is 2. The molecule has 2 heterocycles. The Hall–Kier alpha value is -4.23. The quantitative estimate of drug-likeness (QED) is 0.483. The third kappa shape index (κ3) is 3.17. The van der Waals surface area contributed by atoms with E-state index in [0.717, 1.165) is 16.8 Å². The van der Waals surface area contributed by atoms with E-state index in [1.807, 2.05) is 66.7 Å². The van der Waals surface area contributed by atoms with Crippen LogP contribution >= 0.6 is 0 Å². The van der Waals surface area contributed by atoms with Crippen LogP contribution in [0.2, 0.25) is 0 Å². The van der Waals surface area contributed by atoms with E-state index in [1.54, 1.807) is 23.0 Å². The molecule has 0 unspecified atom stereocenters. The minimum absolute atomic E-state index is 0.301. The van der Waals surface area contributed by atoms with Crippen LogP contribution in [0.1, 0.15) is 27.5 Å². The number of hydrazone groups is 1. The topological polar surface area (TPSA) is 102 Å². The second-order valence-corrected chi connectivity index (χ2v) is 7.23. The van der Waals surface area contributed by atoms with Crippen molar-refractivity contribution in [3.63, 3.8) is 0 Å². The maximum Gasteiger partial charge on any atom is 0.272 e. The normalized spacial score (nSPS) is 13.5. The molecule has 5 rings (SSSR count). The molecule has 4 aromatic rings. The third-order valence-electron chi connectivity index (χ3n) is 5.35. The van der Waals surface area contributed by atoms with Crippen LogP contribution < -0.4 is 16.6 Å². The summed E-state index contributed by atoms with van der Waals surface area (Å²) in [5.41, 5.74) is 15.9. The van der Waals surface area contributed by atoms with Crippen molar-refractivity contribution in [2.45, 2.75) is 6.04 Å². The van der Waals surface area contributed by atoms with Crippen LogP contribution in [0.3, 0.4) is 0 Å². The van der Waals surface area contributed by atoms with E-state index >= 15 is 0 Å². The average molecular weight is 409 g/mol. The molecule has 0 saturated carbocycles. The molecule has 7 nitrogen and oxygen atoms in total. The Morgan fingerprint density at radius 3 is 2.42 bits per heavy atom. The van der Waals surface area contributed by atoms with Gasteiger partial charge in [-0.15, -0.1) is 0 Å².